The highest BCUT2D eigenvalue weighted by Gasteiger charge is 2.14. The Bertz CT molecular complexity index is 1770. The van der Waals surface area contributed by atoms with E-state index in [1.54, 1.807) is 35.4 Å². The number of phenols is 1. The first kappa shape index (κ1) is 31.3. The van der Waals surface area contributed by atoms with Crippen LogP contribution in [0.15, 0.2) is 113 Å². The summed E-state index contributed by atoms with van der Waals surface area (Å²) in [5.41, 5.74) is 9.59. The van der Waals surface area contributed by atoms with Crippen LogP contribution in [0.4, 0.5) is 28.4 Å². The molecule has 0 heterocycles. The quantitative estimate of drug-likeness (QED) is 0.0460. The first-order chi connectivity index (χ1) is 21.8. The number of hydrogen-bond acceptors (Lipinski definition) is 9. The van der Waals surface area contributed by atoms with Crippen LogP contribution < -0.4 is 15.4 Å². The van der Waals surface area contributed by atoms with Gasteiger partial charge in [0.25, 0.3) is 0 Å². The van der Waals surface area contributed by atoms with E-state index in [1.165, 1.54) is 30.8 Å². The van der Waals surface area contributed by atoms with Crippen LogP contribution in [0.3, 0.4) is 0 Å². The lowest BCUT2D eigenvalue weighted by molar-refractivity contribution is -0.00709. The molecule has 0 saturated heterocycles. The molecule has 0 amide bonds. The maximum absolute atomic E-state index is 11.6. The molecule has 0 aliphatic rings. The first-order valence-corrected chi connectivity index (χ1v) is 14.6. The number of fused-ring (bicyclic) bond motifs is 1. The predicted molar refractivity (Wildman–Crippen MR) is 179 cm³/mol. The molecule has 5 aromatic carbocycles. The van der Waals surface area contributed by atoms with Crippen molar-refractivity contribution in [1.29, 1.82) is 0 Å². The minimum Gasteiger partial charge on any atom is -0.506 e. The highest BCUT2D eigenvalue weighted by molar-refractivity contribution is 5.97. The van der Waals surface area contributed by atoms with Gasteiger partial charge in [-0.3, -0.25) is 9.63 Å². The third-order valence-corrected chi connectivity index (χ3v) is 7.45. The Morgan fingerprint density at radius 3 is 2.00 bits per heavy atom. The van der Waals surface area contributed by atoms with Crippen molar-refractivity contribution in [3.63, 3.8) is 0 Å². The predicted octanol–water partition coefficient (Wildman–Crippen LogP) is 8.19. The summed E-state index contributed by atoms with van der Waals surface area (Å²) in [5, 5.41) is 22.6. The zero-order valence-corrected chi connectivity index (χ0v) is 25.9. The molecule has 0 aliphatic carbocycles. The lowest BCUT2D eigenvalue weighted by atomic mass is 10.0. The van der Waals surface area contributed by atoms with Crippen LogP contribution >= 0.6 is 0 Å². The Morgan fingerprint density at radius 2 is 1.40 bits per heavy atom. The van der Waals surface area contributed by atoms with E-state index in [2.05, 4.69) is 57.0 Å². The molecule has 45 heavy (non-hydrogen) atoms. The fourth-order valence-electron chi connectivity index (χ4n) is 4.89. The molecule has 9 nitrogen and oxygen atoms in total. The second-order valence-electron chi connectivity index (χ2n) is 10.8. The summed E-state index contributed by atoms with van der Waals surface area (Å²) in [6, 6.07) is 33.0. The Balaban J connectivity index is 1.36. The smallest absolute Gasteiger partial charge is 0.159 e. The van der Waals surface area contributed by atoms with E-state index in [1.807, 2.05) is 50.5 Å². The molecule has 0 aromatic heterocycles. The van der Waals surface area contributed by atoms with Crippen LogP contribution in [0.1, 0.15) is 28.4 Å². The van der Waals surface area contributed by atoms with Gasteiger partial charge in [0, 0.05) is 30.7 Å². The van der Waals surface area contributed by atoms with Crippen LogP contribution in [0.2, 0.25) is 0 Å². The third-order valence-electron chi connectivity index (χ3n) is 7.45. The number of nitrogens with zero attached hydrogens (tertiary/aromatic N) is 4. The van der Waals surface area contributed by atoms with Gasteiger partial charge in [-0.05, 0) is 109 Å². The second-order valence-corrected chi connectivity index (χ2v) is 10.8. The fourth-order valence-corrected chi connectivity index (χ4v) is 4.89. The van der Waals surface area contributed by atoms with Crippen molar-refractivity contribution in [2.75, 3.05) is 37.9 Å². The molecule has 0 saturated carbocycles. The molecule has 0 aliphatic heterocycles. The topological polar surface area (TPSA) is 99.0 Å². The van der Waals surface area contributed by atoms with Crippen LogP contribution in [-0.4, -0.2) is 38.8 Å². The van der Waals surface area contributed by atoms with Gasteiger partial charge in [-0.2, -0.15) is 10.6 Å². The number of aryl methyl sites for hydroxylation is 2. The number of carbonyl (C=O) groups excluding carboxylic acids is 1. The molecule has 0 fully saturated rings. The third kappa shape index (κ3) is 7.90. The maximum Gasteiger partial charge on any atom is 0.159 e. The average Bonchev–Trinajstić information content (AvgIpc) is 3.06. The number of anilines is 3. The van der Waals surface area contributed by atoms with Gasteiger partial charge in [0.2, 0.25) is 0 Å². The minimum atomic E-state index is -0.0186. The Hall–Kier alpha value is -5.09. The summed E-state index contributed by atoms with van der Waals surface area (Å²) in [7, 11) is 5.62. The molecule has 0 radical (unpaired) electrons. The zero-order chi connectivity index (χ0) is 31.8. The van der Waals surface area contributed by atoms with Crippen molar-refractivity contribution in [1.82, 2.24) is 5.48 Å². The SMILES string of the molecule is CONCON(c1ccc(CCc2ccc(N(C)C)cc2)cc1)c1ccc2c(N=Nc3ccc(C(C)=O)cc3)c(O)ccc2c1. The summed E-state index contributed by atoms with van der Waals surface area (Å²) in [6.07, 6.45) is 1.87. The van der Waals surface area contributed by atoms with Crippen molar-refractivity contribution >= 4 is 45.0 Å². The van der Waals surface area contributed by atoms with Crippen LogP contribution in [-0.2, 0) is 22.5 Å². The number of Topliss-reactive ketones (excluding diaryl/α,β-unsaturated/α-hetero) is 1. The lowest BCUT2D eigenvalue weighted by Gasteiger charge is -2.24. The van der Waals surface area contributed by atoms with Gasteiger partial charge in [-0.15, -0.1) is 5.11 Å². The average molecular weight is 604 g/mol. The first-order valence-electron chi connectivity index (χ1n) is 14.6. The number of rotatable bonds is 13. The van der Waals surface area contributed by atoms with E-state index in [0.717, 1.165) is 35.0 Å². The minimum absolute atomic E-state index is 0.0148. The summed E-state index contributed by atoms with van der Waals surface area (Å²) < 4.78 is 0. The van der Waals surface area contributed by atoms with Crippen LogP contribution in [0, 0.1) is 0 Å². The number of benzene rings is 5. The van der Waals surface area contributed by atoms with Crippen molar-refractivity contribution < 1.29 is 19.6 Å². The number of hydrogen-bond donors (Lipinski definition) is 2. The molecule has 0 spiro atoms. The largest absolute Gasteiger partial charge is 0.506 e. The highest BCUT2D eigenvalue weighted by atomic mass is 16.7. The molecule has 230 valence electrons. The van der Waals surface area contributed by atoms with Crippen molar-refractivity contribution in [2.24, 2.45) is 10.2 Å². The summed E-state index contributed by atoms with van der Waals surface area (Å²) in [6.45, 7) is 1.64. The number of carbonyl (C=O) groups is 1. The van der Waals surface area contributed by atoms with Crippen molar-refractivity contribution in [3.8, 4) is 5.75 Å². The second kappa shape index (κ2) is 14.6. The maximum atomic E-state index is 11.6. The number of nitrogens with one attached hydrogen (secondary N) is 1. The molecule has 2 N–H and O–H groups in total. The van der Waals surface area contributed by atoms with E-state index in [-0.39, 0.29) is 18.3 Å². The summed E-state index contributed by atoms with van der Waals surface area (Å²) in [5.74, 6) is -0.00379. The van der Waals surface area contributed by atoms with E-state index in [0.29, 0.717) is 16.9 Å². The van der Waals surface area contributed by atoms with Gasteiger partial charge in [-0.1, -0.05) is 30.3 Å². The molecule has 9 heteroatoms. The van der Waals surface area contributed by atoms with Gasteiger partial charge in [0.15, 0.2) is 5.78 Å². The number of azo groups is 1. The van der Waals surface area contributed by atoms with Crippen molar-refractivity contribution in [3.05, 3.63) is 120 Å². The number of ketones is 1. The van der Waals surface area contributed by atoms with Crippen molar-refractivity contribution in [2.45, 2.75) is 19.8 Å². The standard InChI is InChI=1S/C36H37N5O4/c1-25(42)28-11-14-30(15-12-28)38-39-36-34-21-20-33(23-29(34)13-22-35(36)43)41(45-24-37-44-4)32-18-9-27(10-19-32)6-5-26-7-16-31(17-8-26)40(2)3/h7-23,37,43H,5-6,24H2,1-4H3. The van der Waals surface area contributed by atoms with Gasteiger partial charge in [0.05, 0.1) is 24.2 Å². The monoisotopic (exact) mass is 603 g/mol. The van der Waals surface area contributed by atoms with E-state index >= 15 is 0 Å². The van der Waals surface area contributed by atoms with E-state index in [4.69, 9.17) is 9.68 Å². The highest BCUT2D eigenvalue weighted by Crippen LogP contribution is 2.39. The molecular formula is C36H37N5O4. The van der Waals surface area contributed by atoms with Gasteiger partial charge in [-0.25, -0.2) is 5.06 Å². The van der Waals surface area contributed by atoms with Gasteiger partial charge >= 0.3 is 0 Å². The lowest BCUT2D eigenvalue weighted by Crippen LogP contribution is -2.25. The number of hydroxylamine groups is 1. The Kier molecular flexibility index (Phi) is 10.2. The molecule has 0 atom stereocenters. The summed E-state index contributed by atoms with van der Waals surface area (Å²) in [4.78, 5) is 24.7. The number of aromatic hydroxyl groups is 1. The van der Waals surface area contributed by atoms with Crippen LogP contribution in [0.25, 0.3) is 10.8 Å². The van der Waals surface area contributed by atoms with Gasteiger partial charge < -0.3 is 14.8 Å². The van der Waals surface area contributed by atoms with E-state index in [9.17, 15) is 9.90 Å². The zero-order valence-electron chi connectivity index (χ0n) is 25.9. The summed E-state index contributed by atoms with van der Waals surface area (Å²) >= 11 is 0. The molecule has 5 aromatic rings. The molecular weight excluding hydrogens is 566 g/mol. The fraction of sp³-hybridized carbons (Fsp3) is 0.194. The Morgan fingerprint density at radius 1 is 0.778 bits per heavy atom. The number of phenolic OH excluding ortho intramolecular Hbond substituents is 1. The molecule has 0 unspecified atom stereocenters. The molecule has 0 bridgehead atoms. The molecule has 5 rings (SSSR count). The van der Waals surface area contributed by atoms with E-state index < -0.39 is 0 Å². The van der Waals surface area contributed by atoms with Crippen LogP contribution in [0.5, 0.6) is 5.75 Å². The Labute approximate surface area is 263 Å². The normalized spacial score (nSPS) is 11.3. The van der Waals surface area contributed by atoms with Gasteiger partial charge in [0.1, 0.15) is 18.2 Å².